The summed E-state index contributed by atoms with van der Waals surface area (Å²) in [6, 6.07) is 8.04. The molecule has 0 fully saturated rings. The second-order valence-corrected chi connectivity index (χ2v) is 4.96. The first-order chi connectivity index (χ1) is 6.70. The first kappa shape index (κ1) is 11.9. The maximum atomic E-state index is 6.04. The molecule has 1 nitrogen and oxygen atoms in total. The Labute approximate surface area is 95.4 Å². The lowest BCUT2D eigenvalue weighted by atomic mass is 10.2. The first-order valence-corrected chi connectivity index (χ1v) is 6.19. The number of nitrogens with zero attached hydrogens (tertiary/aromatic N) is 1. The molecule has 0 aliphatic carbocycles. The highest BCUT2D eigenvalue weighted by Gasteiger charge is 1.98. The maximum absolute atomic E-state index is 6.04. The van der Waals surface area contributed by atoms with Crippen molar-refractivity contribution in [2.75, 3.05) is 26.4 Å². The SMILES string of the molecule is CN(C)CCSCc1ccccc1Cl. The third-order valence-corrected chi connectivity index (χ3v) is 3.25. The van der Waals surface area contributed by atoms with E-state index in [-0.39, 0.29) is 0 Å². The third kappa shape index (κ3) is 4.36. The Morgan fingerprint density at radius 2 is 2.00 bits per heavy atom. The van der Waals surface area contributed by atoms with Gasteiger partial charge >= 0.3 is 0 Å². The molecule has 0 aliphatic heterocycles. The number of benzene rings is 1. The Bertz CT molecular complexity index is 276. The smallest absolute Gasteiger partial charge is 0.0446 e. The van der Waals surface area contributed by atoms with Gasteiger partial charge in [-0.05, 0) is 25.7 Å². The molecule has 0 radical (unpaired) electrons. The van der Waals surface area contributed by atoms with Crippen molar-refractivity contribution in [3.05, 3.63) is 34.9 Å². The molecule has 0 heterocycles. The molecule has 14 heavy (non-hydrogen) atoms. The summed E-state index contributed by atoms with van der Waals surface area (Å²) in [5.41, 5.74) is 1.23. The van der Waals surface area contributed by atoms with Crippen molar-refractivity contribution in [3.63, 3.8) is 0 Å². The van der Waals surface area contributed by atoms with E-state index < -0.39 is 0 Å². The van der Waals surface area contributed by atoms with Crippen LogP contribution < -0.4 is 0 Å². The molecule has 3 heteroatoms. The predicted molar refractivity (Wildman–Crippen MR) is 66.2 cm³/mol. The largest absolute Gasteiger partial charge is 0.309 e. The predicted octanol–water partition coefficient (Wildman–Crippen LogP) is 3.13. The van der Waals surface area contributed by atoms with Gasteiger partial charge in [-0.25, -0.2) is 0 Å². The lowest BCUT2D eigenvalue weighted by Gasteiger charge is -2.09. The average molecular weight is 230 g/mol. The van der Waals surface area contributed by atoms with Crippen molar-refractivity contribution in [1.29, 1.82) is 0 Å². The monoisotopic (exact) mass is 229 g/mol. The quantitative estimate of drug-likeness (QED) is 0.714. The van der Waals surface area contributed by atoms with E-state index in [1.807, 2.05) is 30.0 Å². The molecule has 0 atom stereocenters. The van der Waals surface area contributed by atoms with Crippen LogP contribution >= 0.6 is 23.4 Å². The summed E-state index contributed by atoms with van der Waals surface area (Å²) in [5.74, 6) is 2.16. The standard InChI is InChI=1S/C11H16ClNS/c1-13(2)7-8-14-9-10-5-3-4-6-11(10)12/h3-6H,7-9H2,1-2H3. The van der Waals surface area contributed by atoms with E-state index in [1.54, 1.807) is 0 Å². The van der Waals surface area contributed by atoms with E-state index in [0.29, 0.717) is 0 Å². The Kier molecular flexibility index (Phi) is 5.38. The highest BCUT2D eigenvalue weighted by Crippen LogP contribution is 2.20. The van der Waals surface area contributed by atoms with Crippen LogP contribution in [0.3, 0.4) is 0 Å². The van der Waals surface area contributed by atoms with Gasteiger partial charge < -0.3 is 4.90 Å². The molecular formula is C11H16ClNS. The van der Waals surface area contributed by atoms with Gasteiger partial charge in [0.2, 0.25) is 0 Å². The van der Waals surface area contributed by atoms with Crippen LogP contribution in [0.2, 0.25) is 5.02 Å². The Hall–Kier alpha value is -0.180. The second-order valence-electron chi connectivity index (χ2n) is 3.45. The van der Waals surface area contributed by atoms with E-state index in [2.05, 4.69) is 25.1 Å². The van der Waals surface area contributed by atoms with Crippen LogP contribution in [-0.2, 0) is 5.75 Å². The van der Waals surface area contributed by atoms with E-state index in [1.165, 1.54) is 5.56 Å². The lowest BCUT2D eigenvalue weighted by molar-refractivity contribution is 0.437. The Morgan fingerprint density at radius 3 is 2.64 bits per heavy atom. The van der Waals surface area contributed by atoms with Gasteiger partial charge in [0.05, 0.1) is 0 Å². The van der Waals surface area contributed by atoms with Crippen molar-refractivity contribution in [1.82, 2.24) is 4.90 Å². The fourth-order valence-electron chi connectivity index (χ4n) is 1.04. The van der Waals surface area contributed by atoms with E-state index in [0.717, 1.165) is 23.1 Å². The van der Waals surface area contributed by atoms with Gasteiger partial charge in [-0.3, -0.25) is 0 Å². The zero-order chi connectivity index (χ0) is 10.4. The molecule has 0 aliphatic rings. The molecule has 0 unspecified atom stereocenters. The zero-order valence-corrected chi connectivity index (χ0v) is 10.2. The first-order valence-electron chi connectivity index (χ1n) is 4.66. The molecule has 0 saturated carbocycles. The van der Waals surface area contributed by atoms with Crippen LogP contribution in [0.5, 0.6) is 0 Å². The minimum Gasteiger partial charge on any atom is -0.309 e. The number of halogens is 1. The third-order valence-electron chi connectivity index (χ3n) is 1.90. The molecule has 1 aromatic rings. The number of rotatable bonds is 5. The zero-order valence-electron chi connectivity index (χ0n) is 8.66. The van der Waals surface area contributed by atoms with Gasteiger partial charge in [0, 0.05) is 23.1 Å². The van der Waals surface area contributed by atoms with Gasteiger partial charge in [-0.15, -0.1) is 0 Å². The Balaban J connectivity index is 2.28. The van der Waals surface area contributed by atoms with Gasteiger partial charge in [0.15, 0.2) is 0 Å². The number of hydrogen-bond donors (Lipinski definition) is 0. The summed E-state index contributed by atoms with van der Waals surface area (Å²) in [6.45, 7) is 1.12. The average Bonchev–Trinajstić information content (AvgIpc) is 2.15. The summed E-state index contributed by atoms with van der Waals surface area (Å²) >= 11 is 7.96. The Morgan fingerprint density at radius 1 is 1.29 bits per heavy atom. The fraction of sp³-hybridized carbons (Fsp3) is 0.455. The summed E-state index contributed by atoms with van der Waals surface area (Å²) in [5, 5.41) is 0.879. The van der Waals surface area contributed by atoms with Crippen molar-refractivity contribution >= 4 is 23.4 Å². The van der Waals surface area contributed by atoms with Crippen molar-refractivity contribution < 1.29 is 0 Å². The van der Waals surface area contributed by atoms with Crippen LogP contribution in [0.4, 0.5) is 0 Å². The van der Waals surface area contributed by atoms with Crippen LogP contribution in [0.15, 0.2) is 24.3 Å². The topological polar surface area (TPSA) is 3.24 Å². The van der Waals surface area contributed by atoms with E-state index in [4.69, 9.17) is 11.6 Å². The molecule has 1 aromatic carbocycles. The van der Waals surface area contributed by atoms with Crippen LogP contribution in [-0.4, -0.2) is 31.3 Å². The summed E-state index contributed by atoms with van der Waals surface area (Å²) in [4.78, 5) is 2.19. The molecule has 0 aromatic heterocycles. The molecule has 0 bridgehead atoms. The molecule has 0 N–H and O–H groups in total. The summed E-state index contributed by atoms with van der Waals surface area (Å²) < 4.78 is 0. The second kappa shape index (κ2) is 6.33. The van der Waals surface area contributed by atoms with Crippen LogP contribution in [0.1, 0.15) is 5.56 Å². The molecule has 1 rings (SSSR count). The van der Waals surface area contributed by atoms with Gasteiger partial charge in [0.1, 0.15) is 0 Å². The molecule has 78 valence electrons. The molecule has 0 spiro atoms. The van der Waals surface area contributed by atoms with Crippen molar-refractivity contribution in [3.8, 4) is 0 Å². The van der Waals surface area contributed by atoms with E-state index >= 15 is 0 Å². The fourth-order valence-corrected chi connectivity index (χ4v) is 2.44. The highest BCUT2D eigenvalue weighted by molar-refractivity contribution is 7.98. The van der Waals surface area contributed by atoms with Crippen LogP contribution in [0, 0.1) is 0 Å². The summed E-state index contributed by atoms with van der Waals surface area (Å²) in [7, 11) is 4.19. The van der Waals surface area contributed by atoms with Crippen molar-refractivity contribution in [2.45, 2.75) is 5.75 Å². The highest BCUT2D eigenvalue weighted by atomic mass is 35.5. The minimum absolute atomic E-state index is 0.879. The van der Waals surface area contributed by atoms with Crippen LogP contribution in [0.25, 0.3) is 0 Å². The van der Waals surface area contributed by atoms with E-state index in [9.17, 15) is 0 Å². The normalized spacial score (nSPS) is 10.9. The maximum Gasteiger partial charge on any atom is 0.0446 e. The van der Waals surface area contributed by atoms with Crippen molar-refractivity contribution in [2.24, 2.45) is 0 Å². The summed E-state index contributed by atoms with van der Waals surface area (Å²) in [6.07, 6.45) is 0. The van der Waals surface area contributed by atoms with Gasteiger partial charge in [0.25, 0.3) is 0 Å². The molecule has 0 amide bonds. The lowest BCUT2D eigenvalue weighted by Crippen LogP contribution is -2.14. The molecule has 0 saturated heterocycles. The van der Waals surface area contributed by atoms with Gasteiger partial charge in [-0.1, -0.05) is 29.8 Å². The minimum atomic E-state index is 0.879. The molecular weight excluding hydrogens is 214 g/mol. The van der Waals surface area contributed by atoms with Gasteiger partial charge in [-0.2, -0.15) is 11.8 Å². The number of thioether (sulfide) groups is 1. The number of hydrogen-bond acceptors (Lipinski definition) is 2.